The minimum atomic E-state index is -4.43. The zero-order valence-electron chi connectivity index (χ0n) is 7.95. The van der Waals surface area contributed by atoms with E-state index in [0.29, 0.717) is 0 Å². The van der Waals surface area contributed by atoms with E-state index in [1.807, 2.05) is 0 Å². The van der Waals surface area contributed by atoms with Crippen molar-refractivity contribution >= 4 is 0 Å². The van der Waals surface area contributed by atoms with Crippen molar-refractivity contribution in [3.8, 4) is 5.75 Å². The Morgan fingerprint density at radius 3 is 2.73 bits per heavy atom. The fourth-order valence-electron chi connectivity index (χ4n) is 0.903. The average molecular weight is 221 g/mol. The summed E-state index contributed by atoms with van der Waals surface area (Å²) < 4.78 is 41.1. The van der Waals surface area contributed by atoms with Crippen molar-refractivity contribution in [2.45, 2.75) is 25.8 Å². The molecule has 0 saturated carbocycles. The highest BCUT2D eigenvalue weighted by Crippen LogP contribution is 2.26. The number of ether oxygens (including phenoxy) is 1. The lowest BCUT2D eigenvalue weighted by Crippen LogP contribution is -2.31. The predicted molar refractivity (Wildman–Crippen MR) is 46.3 cm³/mol. The monoisotopic (exact) mass is 221 g/mol. The molecule has 0 bridgehead atoms. The van der Waals surface area contributed by atoms with Crippen LogP contribution >= 0.6 is 0 Å². The third-order valence-electron chi connectivity index (χ3n) is 1.81. The van der Waals surface area contributed by atoms with Gasteiger partial charge < -0.3 is 9.84 Å². The Kier molecular flexibility index (Phi) is 3.52. The number of hydrogen-bond donors (Lipinski definition) is 1. The number of aromatic nitrogens is 1. The first-order valence-corrected chi connectivity index (χ1v) is 4.22. The van der Waals surface area contributed by atoms with Crippen LogP contribution in [0, 0.1) is 0 Å². The highest BCUT2D eigenvalue weighted by molar-refractivity contribution is 5.29. The lowest BCUT2D eigenvalue weighted by atomic mass is 10.2. The Bertz CT molecular complexity index is 327. The Balaban J connectivity index is 2.80. The zero-order chi connectivity index (χ0) is 11.5. The molecule has 1 rings (SSSR count). The summed E-state index contributed by atoms with van der Waals surface area (Å²) in [5, 5.41) is 8.85. The summed E-state index contributed by atoms with van der Waals surface area (Å²) in [5.74, 6) is -0.0511. The van der Waals surface area contributed by atoms with Crippen LogP contribution in [0.1, 0.15) is 12.5 Å². The van der Waals surface area contributed by atoms with Crippen molar-refractivity contribution in [2.75, 3.05) is 0 Å². The van der Waals surface area contributed by atoms with Gasteiger partial charge in [0.05, 0.1) is 12.8 Å². The smallest absolute Gasteiger partial charge is 0.425 e. The molecule has 0 aliphatic rings. The third-order valence-corrected chi connectivity index (χ3v) is 1.81. The summed E-state index contributed by atoms with van der Waals surface area (Å²) in [6.45, 7) is 0.511. The molecule has 0 amide bonds. The maximum atomic E-state index is 12.2. The lowest BCUT2D eigenvalue weighted by molar-refractivity contribution is -0.189. The van der Waals surface area contributed by atoms with Gasteiger partial charge in [0.1, 0.15) is 5.75 Å². The molecular formula is C9H10F3NO2. The van der Waals surface area contributed by atoms with Gasteiger partial charge in [-0.15, -0.1) is 0 Å². The minimum Gasteiger partial charge on any atom is -0.479 e. The average Bonchev–Trinajstić information content (AvgIpc) is 2.17. The van der Waals surface area contributed by atoms with Crippen LogP contribution in [-0.4, -0.2) is 22.4 Å². The molecular weight excluding hydrogens is 211 g/mol. The second-order valence-corrected chi connectivity index (χ2v) is 2.94. The van der Waals surface area contributed by atoms with Crippen LogP contribution in [0.25, 0.3) is 0 Å². The van der Waals surface area contributed by atoms with Crippen LogP contribution in [-0.2, 0) is 6.61 Å². The standard InChI is InChI=1S/C9H10F3NO2/c1-6(9(10,11)12)15-8-4-13-3-2-7(8)5-14/h2-4,6,14H,5H2,1H3. The molecule has 0 fully saturated rings. The summed E-state index contributed by atoms with van der Waals surface area (Å²) >= 11 is 0. The maximum absolute atomic E-state index is 12.2. The van der Waals surface area contributed by atoms with Gasteiger partial charge in [-0.3, -0.25) is 4.98 Å². The fraction of sp³-hybridized carbons (Fsp3) is 0.444. The van der Waals surface area contributed by atoms with Gasteiger partial charge in [-0.1, -0.05) is 0 Å². The van der Waals surface area contributed by atoms with E-state index in [2.05, 4.69) is 9.72 Å². The third kappa shape index (κ3) is 3.09. The van der Waals surface area contributed by atoms with Crippen molar-refractivity contribution in [2.24, 2.45) is 0 Å². The van der Waals surface area contributed by atoms with Crippen molar-refractivity contribution < 1.29 is 23.0 Å². The second kappa shape index (κ2) is 4.48. The molecule has 15 heavy (non-hydrogen) atoms. The Morgan fingerprint density at radius 2 is 2.20 bits per heavy atom. The summed E-state index contributed by atoms with van der Waals surface area (Å²) in [4.78, 5) is 3.62. The molecule has 84 valence electrons. The SMILES string of the molecule is CC(Oc1cnccc1CO)C(F)(F)F. The van der Waals surface area contributed by atoms with Crippen LogP contribution in [0.15, 0.2) is 18.5 Å². The largest absolute Gasteiger partial charge is 0.479 e. The maximum Gasteiger partial charge on any atom is 0.425 e. The number of aliphatic hydroxyl groups excluding tert-OH is 1. The van der Waals surface area contributed by atoms with Gasteiger partial charge in [-0.25, -0.2) is 0 Å². The van der Waals surface area contributed by atoms with E-state index in [1.54, 1.807) is 0 Å². The molecule has 1 aromatic heterocycles. The molecule has 0 radical (unpaired) electrons. The molecule has 1 heterocycles. The molecule has 1 unspecified atom stereocenters. The number of alkyl halides is 3. The lowest BCUT2D eigenvalue weighted by Gasteiger charge is -2.18. The topological polar surface area (TPSA) is 42.4 Å². The quantitative estimate of drug-likeness (QED) is 0.847. The van der Waals surface area contributed by atoms with Crippen LogP contribution in [0.4, 0.5) is 13.2 Å². The number of pyridine rings is 1. The predicted octanol–water partition coefficient (Wildman–Crippen LogP) is 1.90. The van der Waals surface area contributed by atoms with E-state index < -0.39 is 12.3 Å². The number of rotatable bonds is 3. The molecule has 0 spiro atoms. The summed E-state index contributed by atoms with van der Waals surface area (Å²) in [5.41, 5.74) is 0.279. The molecule has 6 heteroatoms. The molecule has 1 N–H and O–H groups in total. The Morgan fingerprint density at radius 1 is 1.53 bits per heavy atom. The van der Waals surface area contributed by atoms with E-state index in [0.717, 1.165) is 13.1 Å². The van der Waals surface area contributed by atoms with Gasteiger partial charge in [0, 0.05) is 11.8 Å². The molecule has 0 aliphatic heterocycles. The number of nitrogens with zero attached hydrogens (tertiary/aromatic N) is 1. The van der Waals surface area contributed by atoms with Crippen LogP contribution in [0.3, 0.4) is 0 Å². The molecule has 0 saturated heterocycles. The van der Waals surface area contributed by atoms with Gasteiger partial charge in [-0.2, -0.15) is 13.2 Å². The fourth-order valence-corrected chi connectivity index (χ4v) is 0.903. The number of aliphatic hydroxyl groups is 1. The molecule has 1 aromatic rings. The summed E-state index contributed by atoms with van der Waals surface area (Å²) in [6.07, 6.45) is -3.83. The number of hydrogen-bond acceptors (Lipinski definition) is 3. The van der Waals surface area contributed by atoms with Gasteiger partial charge in [0.2, 0.25) is 0 Å². The second-order valence-electron chi connectivity index (χ2n) is 2.94. The van der Waals surface area contributed by atoms with Crippen molar-refractivity contribution in [3.63, 3.8) is 0 Å². The van der Waals surface area contributed by atoms with E-state index in [9.17, 15) is 13.2 Å². The van der Waals surface area contributed by atoms with Crippen molar-refractivity contribution in [1.29, 1.82) is 0 Å². The normalized spacial score (nSPS) is 13.7. The van der Waals surface area contributed by atoms with E-state index >= 15 is 0 Å². The van der Waals surface area contributed by atoms with E-state index in [1.165, 1.54) is 12.3 Å². The van der Waals surface area contributed by atoms with Gasteiger partial charge in [0.15, 0.2) is 6.10 Å². The Hall–Kier alpha value is -1.30. The van der Waals surface area contributed by atoms with Crippen molar-refractivity contribution in [1.82, 2.24) is 4.98 Å². The number of halogens is 3. The first-order valence-electron chi connectivity index (χ1n) is 4.22. The van der Waals surface area contributed by atoms with Gasteiger partial charge in [-0.05, 0) is 13.0 Å². The van der Waals surface area contributed by atoms with Crippen LogP contribution in [0.5, 0.6) is 5.75 Å². The van der Waals surface area contributed by atoms with Gasteiger partial charge >= 0.3 is 6.18 Å². The summed E-state index contributed by atoms with van der Waals surface area (Å²) in [7, 11) is 0. The molecule has 0 aliphatic carbocycles. The molecule has 1 atom stereocenters. The Labute approximate surface area is 84.5 Å². The first kappa shape index (κ1) is 11.8. The highest BCUT2D eigenvalue weighted by Gasteiger charge is 2.38. The van der Waals surface area contributed by atoms with E-state index in [-0.39, 0.29) is 17.9 Å². The minimum absolute atomic E-state index is 0.0511. The summed E-state index contributed by atoms with van der Waals surface area (Å²) in [6, 6.07) is 1.40. The van der Waals surface area contributed by atoms with Gasteiger partial charge in [0.25, 0.3) is 0 Å². The van der Waals surface area contributed by atoms with Crippen molar-refractivity contribution in [3.05, 3.63) is 24.0 Å². The first-order chi connectivity index (χ1) is 6.95. The van der Waals surface area contributed by atoms with E-state index in [4.69, 9.17) is 5.11 Å². The molecule has 3 nitrogen and oxygen atoms in total. The zero-order valence-corrected chi connectivity index (χ0v) is 7.95. The molecule has 0 aromatic carbocycles. The highest BCUT2D eigenvalue weighted by atomic mass is 19.4. The van der Waals surface area contributed by atoms with Crippen LogP contribution < -0.4 is 4.74 Å². The van der Waals surface area contributed by atoms with Crippen LogP contribution in [0.2, 0.25) is 0 Å².